The highest BCUT2D eigenvalue weighted by Gasteiger charge is 2.45. The topological polar surface area (TPSA) is 120 Å². The van der Waals surface area contributed by atoms with Gasteiger partial charge in [-0.25, -0.2) is 0 Å². The number of piperidine rings is 1. The van der Waals surface area contributed by atoms with Crippen LogP contribution in [-0.2, 0) is 9.53 Å². The maximum Gasteiger partial charge on any atom is 0.264 e. The Morgan fingerprint density at radius 2 is 1.90 bits per heavy atom. The monoisotopic (exact) mass is 404 g/mol. The molecule has 2 heterocycles. The van der Waals surface area contributed by atoms with Crippen molar-refractivity contribution >= 4 is 23.4 Å². The molecule has 158 valence electrons. The molecule has 0 radical (unpaired) electrons. The fourth-order valence-electron chi connectivity index (χ4n) is 3.61. The summed E-state index contributed by atoms with van der Waals surface area (Å²) in [4.78, 5) is 39.0. The van der Waals surface area contributed by atoms with E-state index in [4.69, 9.17) is 4.74 Å². The van der Waals surface area contributed by atoms with Crippen molar-refractivity contribution in [1.29, 1.82) is 0 Å². The van der Waals surface area contributed by atoms with Crippen LogP contribution in [-0.4, -0.2) is 73.3 Å². The number of fused-ring (bicyclic) bond motifs is 1. The molecule has 4 N–H and O–H groups in total. The number of aliphatic hydroxyl groups excluding tert-OH is 1. The Morgan fingerprint density at radius 3 is 2.62 bits per heavy atom. The summed E-state index contributed by atoms with van der Waals surface area (Å²) in [6.45, 7) is 2.82. The van der Waals surface area contributed by atoms with Crippen molar-refractivity contribution in [2.75, 3.05) is 38.7 Å². The van der Waals surface area contributed by atoms with Crippen molar-refractivity contribution in [3.63, 3.8) is 0 Å². The number of carbonyl (C=O) groups excluding carboxylic acids is 3. The third kappa shape index (κ3) is 4.75. The second kappa shape index (κ2) is 9.82. The summed E-state index contributed by atoms with van der Waals surface area (Å²) in [7, 11) is 1.90. The van der Waals surface area contributed by atoms with Crippen molar-refractivity contribution in [2.24, 2.45) is 0 Å². The van der Waals surface area contributed by atoms with Crippen molar-refractivity contribution in [1.82, 2.24) is 15.5 Å². The third-order valence-corrected chi connectivity index (χ3v) is 5.08. The molecule has 3 rings (SSSR count). The van der Waals surface area contributed by atoms with Gasteiger partial charge in [0.2, 0.25) is 5.91 Å². The third-order valence-electron chi connectivity index (χ3n) is 5.08. The number of hydrogen-bond donors (Lipinski definition) is 4. The normalized spacial score (nSPS) is 21.3. The molecule has 0 saturated carbocycles. The quantitative estimate of drug-likeness (QED) is 0.327. The molecule has 1 saturated heterocycles. The number of hydrogen-bond acceptors (Lipinski definition) is 7. The van der Waals surface area contributed by atoms with Crippen molar-refractivity contribution in [2.45, 2.75) is 38.0 Å². The summed E-state index contributed by atoms with van der Waals surface area (Å²) >= 11 is 0. The maximum atomic E-state index is 13.0. The van der Waals surface area contributed by atoms with Crippen LogP contribution in [0.25, 0.3) is 0 Å². The molecule has 1 fully saturated rings. The molecule has 2 aliphatic rings. The van der Waals surface area contributed by atoms with Crippen LogP contribution in [0.2, 0.25) is 0 Å². The molecule has 2 unspecified atom stereocenters. The lowest BCUT2D eigenvalue weighted by Crippen LogP contribution is -2.55. The van der Waals surface area contributed by atoms with Crippen LogP contribution >= 0.6 is 0 Å². The van der Waals surface area contributed by atoms with Gasteiger partial charge in [0, 0.05) is 25.4 Å². The second-order valence-corrected chi connectivity index (χ2v) is 7.18. The summed E-state index contributed by atoms with van der Waals surface area (Å²) in [6, 6.07) is 4.17. The minimum Gasteiger partial charge on any atom is -0.384 e. The van der Waals surface area contributed by atoms with E-state index >= 15 is 0 Å². The predicted octanol–water partition coefficient (Wildman–Crippen LogP) is 0.308. The number of nitrogens with one attached hydrogen (secondary N) is 3. The molecular weight excluding hydrogens is 376 g/mol. The highest BCUT2D eigenvalue weighted by Crippen LogP contribution is 2.32. The number of anilines is 1. The summed E-state index contributed by atoms with van der Waals surface area (Å²) in [5.41, 5.74) is 1.17. The molecule has 0 spiro atoms. The van der Waals surface area contributed by atoms with Crippen molar-refractivity contribution in [3.05, 3.63) is 29.3 Å². The molecule has 1 aromatic carbocycles. The number of amides is 3. The van der Waals surface area contributed by atoms with Gasteiger partial charge in [-0.1, -0.05) is 6.07 Å². The summed E-state index contributed by atoms with van der Waals surface area (Å²) in [6.07, 6.45) is 1.31. The van der Waals surface area contributed by atoms with Gasteiger partial charge in [0.05, 0.1) is 11.1 Å². The fourth-order valence-corrected chi connectivity index (χ4v) is 3.61. The Hall–Kier alpha value is -2.49. The fraction of sp³-hybridized carbons (Fsp3) is 0.550. The van der Waals surface area contributed by atoms with Crippen LogP contribution in [0.5, 0.6) is 0 Å². The number of nitrogens with zero attached hydrogens (tertiary/aromatic N) is 1. The molecule has 29 heavy (non-hydrogen) atoms. The van der Waals surface area contributed by atoms with Gasteiger partial charge in [0.1, 0.15) is 12.3 Å². The highest BCUT2D eigenvalue weighted by atomic mass is 16.5. The first-order valence-electron chi connectivity index (χ1n) is 10.00. The molecule has 1 aromatic rings. The summed E-state index contributed by atoms with van der Waals surface area (Å²) in [5.74, 6) is -1.46. The zero-order chi connectivity index (χ0) is 20.8. The van der Waals surface area contributed by atoms with E-state index in [1.807, 2.05) is 7.05 Å². The second-order valence-electron chi connectivity index (χ2n) is 7.18. The van der Waals surface area contributed by atoms with E-state index in [0.717, 1.165) is 24.3 Å². The average molecular weight is 404 g/mol. The van der Waals surface area contributed by atoms with Gasteiger partial charge in [0.25, 0.3) is 11.8 Å². The molecule has 9 heteroatoms. The van der Waals surface area contributed by atoms with Crippen LogP contribution in [0.1, 0.15) is 46.4 Å². The molecule has 3 amide bonds. The number of rotatable bonds is 10. The SMILES string of the molecule is CNCCCOCCCNc1cccc2c1C(=O)N(C1CCC(O)NC1=O)C2=O. The zero-order valence-electron chi connectivity index (χ0n) is 16.6. The van der Waals surface area contributed by atoms with Crippen LogP contribution in [0.15, 0.2) is 18.2 Å². The van der Waals surface area contributed by atoms with Gasteiger partial charge >= 0.3 is 0 Å². The van der Waals surface area contributed by atoms with E-state index in [2.05, 4.69) is 16.0 Å². The molecule has 2 atom stereocenters. The smallest absolute Gasteiger partial charge is 0.264 e. The summed E-state index contributed by atoms with van der Waals surface area (Å²) in [5, 5.41) is 18.2. The number of benzene rings is 1. The van der Waals surface area contributed by atoms with Gasteiger partial charge in [-0.15, -0.1) is 0 Å². The molecule has 0 bridgehead atoms. The van der Waals surface area contributed by atoms with Crippen LogP contribution in [0.3, 0.4) is 0 Å². The van der Waals surface area contributed by atoms with Crippen LogP contribution in [0, 0.1) is 0 Å². The Morgan fingerprint density at radius 1 is 1.14 bits per heavy atom. The number of aliphatic hydroxyl groups is 1. The molecular formula is C20H28N4O5. The first-order valence-corrected chi connectivity index (χ1v) is 10.00. The average Bonchev–Trinajstić information content (AvgIpc) is 2.95. The van der Waals surface area contributed by atoms with Gasteiger partial charge in [-0.2, -0.15) is 0 Å². The number of ether oxygens (including phenoxy) is 1. The Balaban J connectivity index is 1.60. The highest BCUT2D eigenvalue weighted by molar-refractivity contribution is 6.25. The maximum absolute atomic E-state index is 13.0. The van der Waals surface area contributed by atoms with Crippen LogP contribution in [0.4, 0.5) is 5.69 Å². The van der Waals surface area contributed by atoms with Crippen molar-refractivity contribution in [3.8, 4) is 0 Å². The summed E-state index contributed by atoms with van der Waals surface area (Å²) < 4.78 is 5.55. The molecule has 0 aromatic heterocycles. The lowest BCUT2D eigenvalue weighted by molar-refractivity contribution is -0.131. The van der Waals surface area contributed by atoms with E-state index in [1.54, 1.807) is 18.2 Å². The minimum atomic E-state index is -0.938. The van der Waals surface area contributed by atoms with Crippen LogP contribution < -0.4 is 16.0 Å². The molecule has 2 aliphatic heterocycles. The van der Waals surface area contributed by atoms with Crippen molar-refractivity contribution < 1.29 is 24.2 Å². The van der Waals surface area contributed by atoms with E-state index < -0.39 is 30.0 Å². The van der Waals surface area contributed by atoms with E-state index in [1.165, 1.54) is 0 Å². The first-order chi connectivity index (χ1) is 14.0. The van der Waals surface area contributed by atoms with Gasteiger partial charge < -0.3 is 25.8 Å². The number of carbonyl (C=O) groups is 3. The zero-order valence-corrected chi connectivity index (χ0v) is 16.6. The number of imide groups is 1. The van der Waals surface area contributed by atoms with E-state index in [9.17, 15) is 19.5 Å². The van der Waals surface area contributed by atoms with E-state index in [0.29, 0.717) is 43.0 Å². The molecule has 0 aliphatic carbocycles. The van der Waals surface area contributed by atoms with E-state index in [-0.39, 0.29) is 6.42 Å². The Bertz CT molecular complexity index is 769. The standard InChI is InChI=1S/C20H28N4O5/c1-21-9-3-11-29-12-4-10-22-14-6-2-5-13-17(14)20(28)24(19(13)27)15-7-8-16(25)23-18(15)26/h2,5-6,15-16,21-22,25H,3-4,7-12H2,1H3,(H,23,26). The lowest BCUT2D eigenvalue weighted by atomic mass is 10.0. The first kappa shape index (κ1) is 21.2. The molecule has 9 nitrogen and oxygen atoms in total. The van der Waals surface area contributed by atoms with Gasteiger partial charge in [-0.3, -0.25) is 19.3 Å². The van der Waals surface area contributed by atoms with Gasteiger partial charge in [-0.05, 0) is 51.4 Å². The lowest BCUT2D eigenvalue weighted by Gasteiger charge is -2.31. The van der Waals surface area contributed by atoms with Gasteiger partial charge in [0.15, 0.2) is 0 Å². The Labute approximate surface area is 169 Å². The minimum absolute atomic E-state index is 0.242. The largest absolute Gasteiger partial charge is 0.384 e. The Kier molecular flexibility index (Phi) is 7.18. The predicted molar refractivity (Wildman–Crippen MR) is 107 cm³/mol.